The molecule has 0 unspecified atom stereocenters. The van der Waals surface area contributed by atoms with Gasteiger partial charge in [0.05, 0.1) is 25.3 Å². The Kier molecular flexibility index (Phi) is 8.05. The molecule has 140 valence electrons. The number of hydrogen-bond donors (Lipinski definition) is 0. The molecule has 0 aliphatic carbocycles. The average molecular weight is 376 g/mol. The number of ether oxygens (including phenoxy) is 1. The van der Waals surface area contributed by atoms with Crippen LogP contribution < -0.4 is 0 Å². The Morgan fingerprint density at radius 2 is 1.46 bits per heavy atom. The second kappa shape index (κ2) is 10.3. The smallest absolute Gasteiger partial charge is 0.338 e. The van der Waals surface area contributed by atoms with E-state index in [9.17, 15) is 9.36 Å². The lowest BCUT2D eigenvalue weighted by Crippen LogP contribution is -2.14. The molecule has 2 aromatic rings. The van der Waals surface area contributed by atoms with Crippen molar-refractivity contribution in [3.63, 3.8) is 0 Å². The third-order valence-electron chi connectivity index (χ3n) is 3.79. The molecule has 0 radical (unpaired) electrons. The highest BCUT2D eigenvalue weighted by atomic mass is 31.2. The van der Waals surface area contributed by atoms with Gasteiger partial charge in [-0.2, -0.15) is 0 Å². The standard InChI is InChI=1S/C20H25O5P/c1-3-24-26(22,25-4-2)19(18-13-9-6-10-14-18)15-20(21)23-16-17-11-7-5-8-12-17/h5-14,19H,3-4,15-16H2,1-2H3/t19-/m0/s1. The number of carbonyl (C=O) groups excluding carboxylic acids is 1. The number of benzene rings is 2. The molecule has 0 fully saturated rings. The normalized spacial score (nSPS) is 12.5. The predicted octanol–water partition coefficient (Wildman–Crippen LogP) is 5.13. The van der Waals surface area contributed by atoms with Crippen LogP contribution in [0, 0.1) is 0 Å². The quantitative estimate of drug-likeness (QED) is 0.425. The van der Waals surface area contributed by atoms with Gasteiger partial charge in [-0.05, 0) is 25.0 Å². The molecule has 0 aliphatic rings. The van der Waals surface area contributed by atoms with Crippen LogP contribution >= 0.6 is 7.60 Å². The summed E-state index contributed by atoms with van der Waals surface area (Å²) in [5.41, 5.74) is 0.927. The molecule has 6 heteroatoms. The van der Waals surface area contributed by atoms with E-state index in [2.05, 4.69) is 0 Å². The zero-order chi connectivity index (χ0) is 18.8. The van der Waals surface area contributed by atoms with E-state index in [1.165, 1.54) is 0 Å². The van der Waals surface area contributed by atoms with E-state index >= 15 is 0 Å². The van der Waals surface area contributed by atoms with Crippen molar-refractivity contribution >= 4 is 13.6 Å². The van der Waals surface area contributed by atoms with Crippen molar-refractivity contribution in [3.8, 4) is 0 Å². The molecule has 0 aromatic heterocycles. The van der Waals surface area contributed by atoms with Gasteiger partial charge >= 0.3 is 13.6 Å². The van der Waals surface area contributed by atoms with Crippen LogP contribution in [0.4, 0.5) is 0 Å². The van der Waals surface area contributed by atoms with Crippen LogP contribution in [-0.2, 0) is 29.8 Å². The first kappa shape index (κ1) is 20.4. The van der Waals surface area contributed by atoms with Gasteiger partial charge in [0.25, 0.3) is 0 Å². The van der Waals surface area contributed by atoms with Crippen molar-refractivity contribution in [2.24, 2.45) is 0 Å². The third-order valence-corrected chi connectivity index (χ3v) is 6.27. The summed E-state index contributed by atoms with van der Waals surface area (Å²) in [4.78, 5) is 12.4. The molecule has 0 saturated carbocycles. The van der Waals surface area contributed by atoms with E-state index in [4.69, 9.17) is 13.8 Å². The molecule has 2 aromatic carbocycles. The third kappa shape index (κ3) is 5.80. The molecule has 0 bridgehead atoms. The van der Waals surface area contributed by atoms with Crippen LogP contribution in [0.3, 0.4) is 0 Å². The van der Waals surface area contributed by atoms with Crippen LogP contribution in [0.5, 0.6) is 0 Å². The van der Waals surface area contributed by atoms with Gasteiger partial charge in [0.2, 0.25) is 0 Å². The van der Waals surface area contributed by atoms with E-state index in [-0.39, 0.29) is 26.2 Å². The Morgan fingerprint density at radius 3 is 2.00 bits per heavy atom. The summed E-state index contributed by atoms with van der Waals surface area (Å²) in [6.07, 6.45) is -0.0753. The first-order valence-electron chi connectivity index (χ1n) is 8.72. The first-order chi connectivity index (χ1) is 12.6. The molecule has 0 N–H and O–H groups in total. The van der Waals surface area contributed by atoms with Crippen LogP contribution in [0.25, 0.3) is 0 Å². The molecule has 0 saturated heterocycles. The fraction of sp³-hybridized carbons (Fsp3) is 0.350. The minimum Gasteiger partial charge on any atom is -0.461 e. The Bertz CT molecular complexity index is 707. The lowest BCUT2D eigenvalue weighted by Gasteiger charge is -2.26. The summed E-state index contributed by atoms with van der Waals surface area (Å²) in [5.74, 6) is -0.442. The summed E-state index contributed by atoms with van der Waals surface area (Å²) in [6.45, 7) is 4.15. The Hall–Kier alpha value is -1.94. The van der Waals surface area contributed by atoms with Crippen LogP contribution in [0.15, 0.2) is 60.7 Å². The van der Waals surface area contributed by atoms with Gasteiger partial charge in [0.15, 0.2) is 0 Å². The van der Waals surface area contributed by atoms with Crippen molar-refractivity contribution in [1.29, 1.82) is 0 Å². The van der Waals surface area contributed by atoms with Crippen molar-refractivity contribution in [2.45, 2.75) is 32.5 Å². The summed E-state index contributed by atoms with van der Waals surface area (Å²) in [5, 5.41) is 0. The lowest BCUT2D eigenvalue weighted by molar-refractivity contribution is -0.145. The van der Waals surface area contributed by atoms with Gasteiger partial charge in [-0.15, -0.1) is 0 Å². The zero-order valence-electron chi connectivity index (χ0n) is 15.2. The molecule has 0 heterocycles. The number of esters is 1. The molecule has 1 atom stereocenters. The number of hydrogen-bond acceptors (Lipinski definition) is 5. The molecule has 0 spiro atoms. The van der Waals surface area contributed by atoms with Crippen molar-refractivity contribution in [2.75, 3.05) is 13.2 Å². The van der Waals surface area contributed by atoms with Gasteiger partial charge in [-0.25, -0.2) is 0 Å². The fourth-order valence-corrected chi connectivity index (χ4v) is 4.68. The summed E-state index contributed by atoms with van der Waals surface area (Å²) < 4.78 is 29.6. The van der Waals surface area contributed by atoms with Crippen molar-refractivity contribution in [1.82, 2.24) is 0 Å². The van der Waals surface area contributed by atoms with Crippen LogP contribution in [-0.4, -0.2) is 19.2 Å². The molecule has 26 heavy (non-hydrogen) atoms. The van der Waals surface area contributed by atoms with E-state index in [1.54, 1.807) is 13.8 Å². The zero-order valence-corrected chi connectivity index (χ0v) is 16.1. The minimum atomic E-state index is -3.50. The molecular weight excluding hydrogens is 351 g/mol. The van der Waals surface area contributed by atoms with Crippen molar-refractivity contribution < 1.29 is 23.1 Å². The van der Waals surface area contributed by atoms with Gasteiger partial charge in [0.1, 0.15) is 6.61 Å². The van der Waals surface area contributed by atoms with Crippen molar-refractivity contribution in [3.05, 3.63) is 71.8 Å². The van der Waals surface area contributed by atoms with Gasteiger partial charge in [0, 0.05) is 0 Å². The molecule has 0 amide bonds. The summed E-state index contributed by atoms with van der Waals surface area (Å²) in [7, 11) is -3.50. The van der Waals surface area contributed by atoms with E-state index in [0.717, 1.165) is 11.1 Å². The average Bonchev–Trinajstić information content (AvgIpc) is 2.66. The largest absolute Gasteiger partial charge is 0.461 e. The first-order valence-corrected chi connectivity index (χ1v) is 10.3. The highest BCUT2D eigenvalue weighted by Crippen LogP contribution is 2.62. The Morgan fingerprint density at radius 1 is 0.923 bits per heavy atom. The lowest BCUT2D eigenvalue weighted by atomic mass is 10.1. The Labute approximate surface area is 154 Å². The second-order valence-electron chi connectivity index (χ2n) is 5.65. The maximum Gasteiger partial charge on any atom is 0.338 e. The van der Waals surface area contributed by atoms with Gasteiger partial charge in [-0.1, -0.05) is 60.7 Å². The van der Waals surface area contributed by atoms with Gasteiger partial charge in [-0.3, -0.25) is 9.36 Å². The fourth-order valence-electron chi connectivity index (χ4n) is 2.62. The van der Waals surface area contributed by atoms with E-state index in [0.29, 0.717) is 0 Å². The van der Waals surface area contributed by atoms with E-state index in [1.807, 2.05) is 60.7 Å². The molecule has 2 rings (SSSR count). The maximum absolute atomic E-state index is 13.3. The summed E-state index contributed by atoms with van der Waals surface area (Å²) >= 11 is 0. The number of carbonyl (C=O) groups is 1. The number of rotatable bonds is 10. The maximum atomic E-state index is 13.3. The minimum absolute atomic E-state index is 0.0753. The van der Waals surface area contributed by atoms with Crippen LogP contribution in [0.2, 0.25) is 0 Å². The Balaban J connectivity index is 2.15. The SMILES string of the molecule is CCOP(=O)(OCC)[C@@H](CC(=O)OCc1ccccc1)c1ccccc1. The molecule has 0 aliphatic heterocycles. The van der Waals surface area contributed by atoms with E-state index < -0.39 is 19.2 Å². The predicted molar refractivity (Wildman–Crippen MR) is 101 cm³/mol. The monoisotopic (exact) mass is 376 g/mol. The summed E-state index contributed by atoms with van der Waals surface area (Å²) in [6, 6.07) is 18.6. The topological polar surface area (TPSA) is 61.8 Å². The van der Waals surface area contributed by atoms with Gasteiger partial charge < -0.3 is 13.8 Å². The second-order valence-corrected chi connectivity index (χ2v) is 7.87. The molecule has 5 nitrogen and oxygen atoms in total. The highest BCUT2D eigenvalue weighted by molar-refractivity contribution is 7.54. The van der Waals surface area contributed by atoms with Crippen LogP contribution in [0.1, 0.15) is 37.1 Å². The highest BCUT2D eigenvalue weighted by Gasteiger charge is 2.38. The molecular formula is C20H25O5P.